The molecule has 1 N–H and O–H groups in total. The van der Waals surface area contributed by atoms with E-state index in [1.807, 2.05) is 52.0 Å². The first kappa shape index (κ1) is 26.9. The Morgan fingerprint density at radius 1 is 1.26 bits per heavy atom. The number of allylic oxidation sites excluding steroid dienone is 3. The van der Waals surface area contributed by atoms with Crippen LogP contribution >= 0.6 is 11.6 Å². The zero-order valence-electron chi connectivity index (χ0n) is 19.2. The van der Waals surface area contributed by atoms with Crippen molar-refractivity contribution in [1.29, 1.82) is 0 Å². The topological polar surface area (TPSA) is 82.8 Å². The highest BCUT2D eigenvalue weighted by molar-refractivity contribution is 6.31. The van der Waals surface area contributed by atoms with E-state index in [1.54, 1.807) is 0 Å². The second-order valence-electron chi connectivity index (χ2n) is 7.78. The van der Waals surface area contributed by atoms with E-state index in [9.17, 15) is 4.79 Å². The van der Waals surface area contributed by atoms with Crippen LogP contribution in [0.3, 0.4) is 0 Å². The Balaban J connectivity index is 2.78. The Hall–Kier alpha value is -2.09. The number of aromatic nitrogens is 2. The van der Waals surface area contributed by atoms with Crippen LogP contribution in [-0.2, 0) is 15.0 Å². The Bertz CT molecular complexity index is 822. The molecule has 1 aromatic heterocycles. The Labute approximate surface area is 190 Å². The maximum absolute atomic E-state index is 12.4. The minimum atomic E-state index is -0.471. The van der Waals surface area contributed by atoms with E-state index in [-0.39, 0.29) is 29.5 Å². The summed E-state index contributed by atoms with van der Waals surface area (Å²) in [5.74, 6) is 0.986. The third kappa shape index (κ3) is 9.72. The predicted octanol–water partition coefficient (Wildman–Crippen LogP) is 4.24. The molecule has 8 heteroatoms. The highest BCUT2D eigenvalue weighted by Gasteiger charge is 2.20. The second-order valence-corrected chi connectivity index (χ2v) is 8.15. The van der Waals surface area contributed by atoms with Crippen LogP contribution in [0.5, 0.6) is 5.75 Å². The van der Waals surface area contributed by atoms with Gasteiger partial charge < -0.3 is 19.3 Å². The molecule has 0 radical (unpaired) electrons. The summed E-state index contributed by atoms with van der Waals surface area (Å²) in [6.45, 7) is 11.0. The van der Waals surface area contributed by atoms with E-state index < -0.39 is 5.54 Å². The molecule has 7 nitrogen and oxygen atoms in total. The number of aliphatic hydroxyl groups is 1. The van der Waals surface area contributed by atoms with E-state index in [0.29, 0.717) is 19.8 Å². The van der Waals surface area contributed by atoms with Crippen LogP contribution < -0.4 is 10.3 Å². The van der Waals surface area contributed by atoms with Crippen molar-refractivity contribution in [3.8, 4) is 5.75 Å². The number of unbranched alkanes of at least 4 members (excludes halogenated alkanes) is 1. The number of hydrogen-bond acceptors (Lipinski definition) is 6. The lowest BCUT2D eigenvalue weighted by Gasteiger charge is -2.21. The normalized spacial score (nSPS) is 13.1. The summed E-state index contributed by atoms with van der Waals surface area (Å²) >= 11 is 6.22. The largest absolute Gasteiger partial charge is 0.492 e. The van der Waals surface area contributed by atoms with Gasteiger partial charge in [-0.1, -0.05) is 37.1 Å². The Morgan fingerprint density at radius 3 is 2.61 bits per heavy atom. The molecule has 0 aliphatic heterocycles. The van der Waals surface area contributed by atoms with Gasteiger partial charge in [0.25, 0.3) is 5.56 Å². The van der Waals surface area contributed by atoms with Gasteiger partial charge in [-0.2, -0.15) is 5.10 Å². The van der Waals surface area contributed by atoms with E-state index in [0.717, 1.165) is 24.2 Å². The number of halogens is 1. The van der Waals surface area contributed by atoms with Gasteiger partial charge in [-0.25, -0.2) is 4.68 Å². The van der Waals surface area contributed by atoms with Gasteiger partial charge in [0.05, 0.1) is 31.6 Å². The summed E-state index contributed by atoms with van der Waals surface area (Å²) in [6, 6.07) is 0. The fraction of sp³-hybridized carbons (Fsp3) is 0.565. The maximum Gasteiger partial charge on any atom is 0.289 e. The molecular weight excluding hydrogens is 420 g/mol. The quantitative estimate of drug-likeness (QED) is 0.272. The van der Waals surface area contributed by atoms with Gasteiger partial charge in [-0.15, -0.1) is 0 Å². The Kier molecular flexibility index (Phi) is 12.2. The molecule has 174 valence electrons. The molecule has 1 heterocycles. The number of aliphatic hydroxyl groups excluding tert-OH is 1. The summed E-state index contributed by atoms with van der Waals surface area (Å²) in [6.07, 6.45) is 11.1. The van der Waals surface area contributed by atoms with Crippen LogP contribution in [0.15, 0.2) is 46.6 Å². The summed E-state index contributed by atoms with van der Waals surface area (Å²) < 4.78 is 18.1. The molecule has 0 aliphatic carbocycles. The maximum atomic E-state index is 12.4. The monoisotopic (exact) mass is 454 g/mol. The smallest absolute Gasteiger partial charge is 0.289 e. The van der Waals surface area contributed by atoms with Crippen molar-refractivity contribution in [2.45, 2.75) is 53.0 Å². The highest BCUT2D eigenvalue weighted by atomic mass is 35.5. The second kappa shape index (κ2) is 14.1. The molecule has 0 saturated carbocycles. The third-order valence-corrected chi connectivity index (χ3v) is 4.46. The van der Waals surface area contributed by atoms with Gasteiger partial charge in [-0.3, -0.25) is 4.79 Å². The van der Waals surface area contributed by atoms with Gasteiger partial charge in [0, 0.05) is 0 Å². The van der Waals surface area contributed by atoms with E-state index in [1.165, 1.54) is 10.9 Å². The van der Waals surface area contributed by atoms with E-state index >= 15 is 0 Å². The van der Waals surface area contributed by atoms with Crippen molar-refractivity contribution in [3.05, 3.63) is 57.2 Å². The number of rotatable bonds is 13. The van der Waals surface area contributed by atoms with Gasteiger partial charge in [0.2, 0.25) is 0 Å². The fourth-order valence-electron chi connectivity index (χ4n) is 2.42. The lowest BCUT2D eigenvalue weighted by Crippen LogP contribution is -2.36. The third-order valence-electron chi connectivity index (χ3n) is 4.12. The minimum Gasteiger partial charge on any atom is -0.492 e. The predicted molar refractivity (Wildman–Crippen MR) is 124 cm³/mol. The molecule has 0 aromatic carbocycles. The molecule has 0 spiro atoms. The molecule has 0 aliphatic rings. The SMILES string of the molecule is C\C=C(/C=C\C(=C\CCC)OCCOCCO)COc1cnn(C(C)(C)C)c(=O)c1Cl. The first-order valence-corrected chi connectivity index (χ1v) is 10.9. The minimum absolute atomic E-state index is 0.00587. The summed E-state index contributed by atoms with van der Waals surface area (Å²) in [5, 5.41) is 12.9. The van der Waals surface area contributed by atoms with Gasteiger partial charge >= 0.3 is 0 Å². The lowest BCUT2D eigenvalue weighted by atomic mass is 10.1. The summed E-state index contributed by atoms with van der Waals surface area (Å²) in [4.78, 5) is 12.4. The molecule has 0 bridgehead atoms. The van der Waals surface area contributed by atoms with E-state index in [2.05, 4.69) is 12.0 Å². The molecule has 0 saturated heterocycles. The molecule has 31 heavy (non-hydrogen) atoms. The fourth-order valence-corrected chi connectivity index (χ4v) is 2.60. The van der Waals surface area contributed by atoms with Gasteiger partial charge in [0.15, 0.2) is 10.8 Å². The zero-order valence-corrected chi connectivity index (χ0v) is 19.9. The first-order chi connectivity index (χ1) is 14.7. The molecule has 0 unspecified atom stereocenters. The van der Waals surface area contributed by atoms with Gasteiger partial charge in [0.1, 0.15) is 19.0 Å². The van der Waals surface area contributed by atoms with Crippen LogP contribution in [0.2, 0.25) is 5.02 Å². The van der Waals surface area contributed by atoms with Crippen molar-refractivity contribution < 1.29 is 19.3 Å². The number of nitrogens with zero attached hydrogens (tertiary/aromatic N) is 2. The van der Waals surface area contributed by atoms with E-state index in [4.69, 9.17) is 30.9 Å². The van der Waals surface area contributed by atoms with Crippen molar-refractivity contribution in [1.82, 2.24) is 9.78 Å². The average Bonchev–Trinajstić information content (AvgIpc) is 2.72. The molecule has 1 aromatic rings. The van der Waals surface area contributed by atoms with Crippen LogP contribution in [0.25, 0.3) is 0 Å². The van der Waals surface area contributed by atoms with Gasteiger partial charge in [-0.05, 0) is 51.8 Å². The highest BCUT2D eigenvalue weighted by Crippen LogP contribution is 2.21. The zero-order chi connectivity index (χ0) is 23.3. The standard InChI is InChI=1S/C23H35ClN2O5/c1-6-8-9-19(30-15-14-29-13-12-27)11-10-18(7-2)17-31-20-16-25-26(23(3,4)5)22(28)21(20)24/h7,9-11,16,27H,6,8,12-15,17H2,1-5H3/b11-10-,18-7+,19-9-. The summed E-state index contributed by atoms with van der Waals surface area (Å²) in [7, 11) is 0. The van der Waals surface area contributed by atoms with Crippen molar-refractivity contribution in [3.63, 3.8) is 0 Å². The lowest BCUT2D eigenvalue weighted by molar-refractivity contribution is 0.0557. The Morgan fingerprint density at radius 2 is 2.00 bits per heavy atom. The van der Waals surface area contributed by atoms with Crippen LogP contribution in [0, 0.1) is 0 Å². The molecule has 0 fully saturated rings. The molecule has 0 amide bonds. The van der Waals surface area contributed by atoms with Crippen LogP contribution in [0.4, 0.5) is 0 Å². The van der Waals surface area contributed by atoms with Crippen molar-refractivity contribution in [2.75, 3.05) is 33.0 Å². The molecule has 0 atom stereocenters. The number of hydrogen-bond donors (Lipinski definition) is 1. The molecule has 1 rings (SSSR count). The summed E-state index contributed by atoms with van der Waals surface area (Å²) in [5.41, 5.74) is 0.0327. The van der Waals surface area contributed by atoms with Crippen LogP contribution in [-0.4, -0.2) is 47.9 Å². The number of ether oxygens (including phenoxy) is 3. The first-order valence-electron chi connectivity index (χ1n) is 10.5. The molecular formula is C23H35ClN2O5. The van der Waals surface area contributed by atoms with Crippen molar-refractivity contribution in [2.24, 2.45) is 0 Å². The van der Waals surface area contributed by atoms with Crippen LogP contribution in [0.1, 0.15) is 47.5 Å². The average molecular weight is 455 g/mol. The van der Waals surface area contributed by atoms with Crippen molar-refractivity contribution >= 4 is 11.6 Å².